The molecule has 1 aromatic carbocycles. The van der Waals surface area contributed by atoms with Gasteiger partial charge in [-0.25, -0.2) is 0 Å². The van der Waals surface area contributed by atoms with Crippen molar-refractivity contribution in [3.8, 4) is 0 Å². The average Bonchev–Trinajstić information content (AvgIpc) is 2.88. The van der Waals surface area contributed by atoms with Crippen LogP contribution in [0.1, 0.15) is 31.7 Å². The highest BCUT2D eigenvalue weighted by Gasteiger charge is 2.35. The van der Waals surface area contributed by atoms with E-state index < -0.39 is 0 Å². The van der Waals surface area contributed by atoms with Gasteiger partial charge in [0.2, 0.25) is 11.8 Å². The number of benzene rings is 1. The minimum absolute atomic E-state index is 0.00739. The largest absolute Gasteiger partial charge is 0.396 e. The van der Waals surface area contributed by atoms with Crippen molar-refractivity contribution in [3.63, 3.8) is 0 Å². The van der Waals surface area contributed by atoms with Crippen LogP contribution >= 0.6 is 0 Å². The van der Waals surface area contributed by atoms with Crippen LogP contribution in [-0.2, 0) is 9.59 Å². The Bertz CT molecular complexity index is 527. The van der Waals surface area contributed by atoms with Crippen molar-refractivity contribution in [1.29, 1.82) is 0 Å². The van der Waals surface area contributed by atoms with Gasteiger partial charge in [-0.05, 0) is 38.8 Å². The quantitative estimate of drug-likeness (QED) is 0.839. The van der Waals surface area contributed by atoms with Crippen LogP contribution < -0.4 is 10.2 Å². The molecular weight excluding hydrogens is 280 g/mol. The van der Waals surface area contributed by atoms with Gasteiger partial charge < -0.3 is 15.3 Å². The van der Waals surface area contributed by atoms with Gasteiger partial charge in [0.1, 0.15) is 0 Å². The highest BCUT2D eigenvalue weighted by atomic mass is 16.3. The number of aliphatic hydroxyl groups is 1. The number of hydrogen-bond donors (Lipinski definition) is 2. The predicted molar refractivity (Wildman–Crippen MR) is 85.6 cm³/mol. The first-order chi connectivity index (χ1) is 10.5. The Morgan fingerprint density at radius 3 is 2.73 bits per heavy atom. The number of nitrogens with zero attached hydrogens (tertiary/aromatic N) is 1. The number of aliphatic hydroxyl groups excluding tert-OH is 1. The molecule has 1 aromatic rings. The molecular formula is C17H24N2O3. The highest BCUT2D eigenvalue weighted by molar-refractivity contribution is 6.00. The van der Waals surface area contributed by atoms with Gasteiger partial charge in [-0.2, -0.15) is 0 Å². The molecule has 1 fully saturated rings. The van der Waals surface area contributed by atoms with Gasteiger partial charge in [0, 0.05) is 31.3 Å². The number of hydrogen-bond acceptors (Lipinski definition) is 3. The van der Waals surface area contributed by atoms with Crippen LogP contribution in [-0.4, -0.2) is 36.1 Å². The molecule has 2 N–H and O–H groups in total. The van der Waals surface area contributed by atoms with Gasteiger partial charge >= 0.3 is 0 Å². The highest BCUT2D eigenvalue weighted by Crippen LogP contribution is 2.25. The molecule has 0 aromatic heterocycles. The Balaban J connectivity index is 1.94. The fraction of sp³-hybridized carbons (Fsp3) is 0.529. The van der Waals surface area contributed by atoms with E-state index in [-0.39, 0.29) is 36.8 Å². The summed E-state index contributed by atoms with van der Waals surface area (Å²) in [4.78, 5) is 26.1. The number of carbonyl (C=O) groups excluding carboxylic acids is 2. The minimum Gasteiger partial charge on any atom is -0.396 e. The molecule has 0 bridgehead atoms. The molecule has 2 atom stereocenters. The van der Waals surface area contributed by atoms with Crippen molar-refractivity contribution in [2.24, 2.45) is 5.92 Å². The number of carbonyl (C=O) groups is 2. The van der Waals surface area contributed by atoms with Crippen LogP contribution in [0.15, 0.2) is 24.3 Å². The summed E-state index contributed by atoms with van der Waals surface area (Å²) < 4.78 is 0. The second-order valence-electron chi connectivity index (χ2n) is 6.02. The van der Waals surface area contributed by atoms with Gasteiger partial charge in [-0.3, -0.25) is 9.59 Å². The first kappa shape index (κ1) is 16.5. The lowest BCUT2D eigenvalue weighted by molar-refractivity contribution is -0.126. The predicted octanol–water partition coefficient (Wildman–Crippen LogP) is 1.63. The number of rotatable bonds is 6. The summed E-state index contributed by atoms with van der Waals surface area (Å²) in [5.41, 5.74) is 1.99. The van der Waals surface area contributed by atoms with Crippen LogP contribution in [0.4, 0.5) is 5.69 Å². The third-order valence-electron chi connectivity index (χ3n) is 4.03. The molecule has 0 aliphatic carbocycles. The van der Waals surface area contributed by atoms with E-state index >= 15 is 0 Å². The zero-order valence-electron chi connectivity index (χ0n) is 13.2. The summed E-state index contributed by atoms with van der Waals surface area (Å²) in [7, 11) is 0. The topological polar surface area (TPSA) is 69.6 Å². The number of aryl methyl sites for hydroxylation is 1. The van der Waals surface area contributed by atoms with Crippen molar-refractivity contribution >= 4 is 17.5 Å². The average molecular weight is 304 g/mol. The van der Waals surface area contributed by atoms with Crippen LogP contribution in [0.3, 0.4) is 0 Å². The summed E-state index contributed by atoms with van der Waals surface area (Å²) in [5, 5.41) is 11.7. The zero-order chi connectivity index (χ0) is 16.1. The van der Waals surface area contributed by atoms with E-state index in [1.807, 2.05) is 38.1 Å². The molecule has 0 spiro atoms. The monoisotopic (exact) mass is 304 g/mol. The van der Waals surface area contributed by atoms with E-state index in [0.717, 1.165) is 17.7 Å². The summed E-state index contributed by atoms with van der Waals surface area (Å²) >= 11 is 0. The molecule has 1 heterocycles. The Labute approximate surface area is 131 Å². The first-order valence-corrected chi connectivity index (χ1v) is 7.79. The SMILES string of the molecule is Cc1ccc(N2CC(C(=O)NC(C)CCCO)CC2=O)cc1. The van der Waals surface area contributed by atoms with Gasteiger partial charge in [0.15, 0.2) is 0 Å². The standard InChI is InChI=1S/C17H24N2O3/c1-12-5-7-15(8-6-12)19-11-14(10-16(19)21)17(22)18-13(2)4-3-9-20/h5-8,13-14,20H,3-4,9-11H2,1-2H3,(H,18,22). The molecule has 1 saturated heterocycles. The Morgan fingerprint density at radius 2 is 2.09 bits per heavy atom. The lowest BCUT2D eigenvalue weighted by Crippen LogP contribution is -2.38. The van der Waals surface area contributed by atoms with Gasteiger partial charge in [0.05, 0.1) is 5.92 Å². The number of anilines is 1. The lowest BCUT2D eigenvalue weighted by Gasteiger charge is -2.18. The normalized spacial score (nSPS) is 19.3. The summed E-state index contributed by atoms with van der Waals surface area (Å²) in [6, 6.07) is 7.78. The molecule has 5 nitrogen and oxygen atoms in total. The Morgan fingerprint density at radius 1 is 1.41 bits per heavy atom. The maximum absolute atomic E-state index is 12.2. The van der Waals surface area contributed by atoms with Gasteiger partial charge in [-0.15, -0.1) is 0 Å². The zero-order valence-corrected chi connectivity index (χ0v) is 13.2. The summed E-state index contributed by atoms with van der Waals surface area (Å²) in [6.07, 6.45) is 1.66. The van der Waals surface area contributed by atoms with Crippen molar-refractivity contribution in [1.82, 2.24) is 5.32 Å². The second-order valence-corrected chi connectivity index (χ2v) is 6.02. The summed E-state index contributed by atoms with van der Waals surface area (Å²) in [6.45, 7) is 4.48. The lowest BCUT2D eigenvalue weighted by atomic mass is 10.1. The molecule has 1 aliphatic rings. The summed E-state index contributed by atoms with van der Waals surface area (Å²) in [5.74, 6) is -0.384. The molecule has 120 valence electrons. The van der Waals surface area contributed by atoms with Crippen LogP contribution in [0.25, 0.3) is 0 Å². The first-order valence-electron chi connectivity index (χ1n) is 7.79. The van der Waals surface area contributed by atoms with E-state index in [4.69, 9.17) is 5.11 Å². The Hall–Kier alpha value is -1.88. The molecule has 22 heavy (non-hydrogen) atoms. The third-order valence-corrected chi connectivity index (χ3v) is 4.03. The van der Waals surface area contributed by atoms with E-state index in [1.165, 1.54) is 0 Å². The maximum Gasteiger partial charge on any atom is 0.227 e. The molecule has 2 rings (SSSR count). The van der Waals surface area contributed by atoms with Crippen molar-refractivity contribution in [3.05, 3.63) is 29.8 Å². The number of nitrogens with one attached hydrogen (secondary N) is 1. The van der Waals surface area contributed by atoms with Gasteiger partial charge in [-0.1, -0.05) is 17.7 Å². The van der Waals surface area contributed by atoms with Crippen molar-refractivity contribution in [2.75, 3.05) is 18.1 Å². The molecule has 0 radical (unpaired) electrons. The van der Waals surface area contributed by atoms with Crippen molar-refractivity contribution in [2.45, 2.75) is 39.2 Å². The number of amides is 2. The molecule has 1 aliphatic heterocycles. The van der Waals surface area contributed by atoms with E-state index in [2.05, 4.69) is 5.32 Å². The second kappa shape index (κ2) is 7.40. The third kappa shape index (κ3) is 4.07. The molecule has 5 heteroatoms. The fourth-order valence-electron chi connectivity index (χ4n) is 2.69. The van der Waals surface area contributed by atoms with E-state index in [0.29, 0.717) is 13.0 Å². The van der Waals surface area contributed by atoms with Crippen LogP contribution in [0, 0.1) is 12.8 Å². The smallest absolute Gasteiger partial charge is 0.227 e. The van der Waals surface area contributed by atoms with Crippen LogP contribution in [0.5, 0.6) is 0 Å². The van der Waals surface area contributed by atoms with E-state index in [1.54, 1.807) is 4.90 Å². The Kier molecular flexibility index (Phi) is 5.55. The fourth-order valence-corrected chi connectivity index (χ4v) is 2.69. The molecule has 2 unspecified atom stereocenters. The van der Waals surface area contributed by atoms with Gasteiger partial charge in [0.25, 0.3) is 0 Å². The molecule has 0 saturated carbocycles. The van der Waals surface area contributed by atoms with Crippen molar-refractivity contribution < 1.29 is 14.7 Å². The maximum atomic E-state index is 12.2. The minimum atomic E-state index is -0.301. The van der Waals surface area contributed by atoms with E-state index in [9.17, 15) is 9.59 Å². The van der Waals surface area contributed by atoms with Crippen LogP contribution in [0.2, 0.25) is 0 Å². The molecule has 2 amide bonds.